The summed E-state index contributed by atoms with van der Waals surface area (Å²) in [5, 5.41) is 1.16. The van der Waals surface area contributed by atoms with Crippen molar-refractivity contribution in [2.75, 3.05) is 0 Å². The van der Waals surface area contributed by atoms with E-state index in [0.29, 0.717) is 0 Å². The highest BCUT2D eigenvalue weighted by Crippen LogP contribution is 2.08. The fourth-order valence-electron chi connectivity index (χ4n) is 0.882. The zero-order chi connectivity index (χ0) is 8.10. The Kier molecular flexibility index (Phi) is 3.17. The zero-order valence-corrected chi connectivity index (χ0v) is 7.18. The predicted molar refractivity (Wildman–Crippen MR) is 48.0 cm³/mol. The molecule has 57 valence electrons. The van der Waals surface area contributed by atoms with Gasteiger partial charge in [0.1, 0.15) is 0 Å². The molecule has 0 saturated carbocycles. The average Bonchev–Trinajstić information content (AvgIpc) is 2.06. The maximum Gasteiger partial charge on any atom is 0.240 e. The second-order valence-corrected chi connectivity index (χ2v) is 2.83. The first-order valence-corrected chi connectivity index (χ1v) is 4.38. The Morgan fingerprint density at radius 2 is 2.36 bits per heavy atom. The van der Waals surface area contributed by atoms with Crippen molar-refractivity contribution in [2.45, 2.75) is 11.6 Å². The lowest BCUT2D eigenvalue weighted by molar-refractivity contribution is -0.723. The van der Waals surface area contributed by atoms with Crippen LogP contribution < -0.4 is 4.57 Å². The number of nitrogens with zero attached hydrogens (tertiary/aromatic N) is 1. The van der Waals surface area contributed by atoms with Crippen LogP contribution >= 0.6 is 11.8 Å². The van der Waals surface area contributed by atoms with Gasteiger partial charge in [0.2, 0.25) is 5.03 Å². The molecular formula is C9H11NS+. The summed E-state index contributed by atoms with van der Waals surface area (Å²) >= 11 is 1.50. The van der Waals surface area contributed by atoms with Crippen molar-refractivity contribution in [3.8, 4) is 0 Å². The van der Waals surface area contributed by atoms with Crippen LogP contribution in [0.4, 0.5) is 0 Å². The molecule has 0 aliphatic heterocycles. The molecule has 0 atom stereocenters. The van der Waals surface area contributed by atoms with E-state index in [4.69, 9.17) is 0 Å². The number of thioether (sulfide) groups is 1. The van der Waals surface area contributed by atoms with Crippen LogP contribution in [-0.2, 0) is 6.54 Å². The van der Waals surface area contributed by atoms with E-state index in [1.807, 2.05) is 30.5 Å². The molecule has 1 nitrogen and oxygen atoms in total. The van der Waals surface area contributed by atoms with E-state index >= 15 is 0 Å². The third-order valence-corrected chi connectivity index (χ3v) is 2.04. The molecule has 1 aromatic rings. The molecule has 0 bridgehead atoms. The van der Waals surface area contributed by atoms with Crippen molar-refractivity contribution < 1.29 is 4.57 Å². The highest BCUT2D eigenvalue weighted by Gasteiger charge is 2.03. The Morgan fingerprint density at radius 1 is 1.55 bits per heavy atom. The molecule has 0 N–H and O–H groups in total. The molecule has 0 fully saturated rings. The number of hydrogen-bond acceptors (Lipinski definition) is 1. The highest BCUT2D eigenvalue weighted by atomic mass is 32.2. The molecule has 1 aromatic heterocycles. The van der Waals surface area contributed by atoms with Gasteiger partial charge in [0, 0.05) is 18.4 Å². The lowest BCUT2D eigenvalue weighted by Gasteiger charge is -1.95. The summed E-state index contributed by atoms with van der Waals surface area (Å²) in [4.78, 5) is 0. The molecular weight excluding hydrogens is 154 g/mol. The van der Waals surface area contributed by atoms with Crippen molar-refractivity contribution in [3.63, 3.8) is 0 Å². The Bertz CT molecular complexity index is 245. The minimum atomic E-state index is 0.846. The molecule has 2 heteroatoms. The highest BCUT2D eigenvalue weighted by molar-refractivity contribution is 8.00. The van der Waals surface area contributed by atoms with Gasteiger partial charge in [-0.25, -0.2) is 0 Å². The minimum Gasteiger partial charge on any atom is -0.189 e. The standard InChI is InChI=1S/C9H11NS/c1-3-7-10-8-5-4-6-9(10)11-2/h3-6,8H,1-2,7H2/q+1. The Hall–Kier alpha value is -0.760. The van der Waals surface area contributed by atoms with Crippen LogP contribution in [0.15, 0.2) is 42.1 Å². The number of allylic oxidation sites excluding steroid dienone is 1. The van der Waals surface area contributed by atoms with Gasteiger partial charge < -0.3 is 0 Å². The van der Waals surface area contributed by atoms with Gasteiger partial charge in [0.25, 0.3) is 0 Å². The van der Waals surface area contributed by atoms with Gasteiger partial charge in [-0.05, 0) is 12.1 Å². The van der Waals surface area contributed by atoms with E-state index in [-0.39, 0.29) is 0 Å². The monoisotopic (exact) mass is 165 g/mol. The molecule has 1 rings (SSSR count). The van der Waals surface area contributed by atoms with Crippen LogP contribution in [0.5, 0.6) is 0 Å². The first kappa shape index (κ1) is 8.34. The van der Waals surface area contributed by atoms with E-state index in [1.54, 1.807) is 0 Å². The normalized spacial score (nSPS) is 9.55. The maximum atomic E-state index is 3.76. The summed E-state index contributed by atoms with van der Waals surface area (Å²) < 4.78 is 2.10. The summed E-state index contributed by atoms with van der Waals surface area (Å²) in [6.07, 6.45) is 7.66. The third kappa shape index (κ3) is 2.09. The van der Waals surface area contributed by atoms with Gasteiger partial charge in [-0.1, -0.05) is 18.3 Å². The van der Waals surface area contributed by atoms with Gasteiger partial charge >= 0.3 is 0 Å². The Balaban J connectivity index is 2.92. The Morgan fingerprint density at radius 3 is 3.00 bits per heavy atom. The van der Waals surface area contributed by atoms with Crippen molar-refractivity contribution in [2.24, 2.45) is 0 Å². The smallest absolute Gasteiger partial charge is 0.189 e. The van der Waals surface area contributed by atoms with Crippen LogP contribution in [0.1, 0.15) is 0 Å². The molecule has 0 unspecified atom stereocenters. The van der Waals surface area contributed by atoms with Crippen molar-refractivity contribution in [1.82, 2.24) is 0 Å². The van der Waals surface area contributed by atoms with Crippen molar-refractivity contribution in [1.29, 1.82) is 0 Å². The number of pyridine rings is 1. The second kappa shape index (κ2) is 4.19. The second-order valence-electron chi connectivity index (χ2n) is 2.12. The predicted octanol–water partition coefficient (Wildman–Crippen LogP) is 2.04. The number of hydrogen-bond donors (Lipinski definition) is 0. The van der Waals surface area contributed by atoms with Gasteiger partial charge in [0.15, 0.2) is 12.7 Å². The molecule has 1 radical (unpaired) electrons. The number of aromatic nitrogens is 1. The van der Waals surface area contributed by atoms with Gasteiger partial charge in [-0.2, -0.15) is 4.57 Å². The van der Waals surface area contributed by atoms with E-state index < -0.39 is 0 Å². The summed E-state index contributed by atoms with van der Waals surface area (Å²) in [5.74, 6) is 0. The van der Waals surface area contributed by atoms with E-state index in [9.17, 15) is 0 Å². The van der Waals surface area contributed by atoms with Crippen LogP contribution in [0, 0.1) is 6.26 Å². The van der Waals surface area contributed by atoms with Gasteiger partial charge in [-0.15, -0.1) is 0 Å². The Labute approximate surface area is 71.8 Å². The SMILES string of the molecule is [CH2]Sc1cccc[n+]1CC=C. The number of rotatable bonds is 3. The van der Waals surface area contributed by atoms with Crippen molar-refractivity contribution >= 4 is 11.8 Å². The van der Waals surface area contributed by atoms with Crippen molar-refractivity contribution in [3.05, 3.63) is 43.3 Å². The quantitative estimate of drug-likeness (QED) is 0.376. The van der Waals surface area contributed by atoms with E-state index in [0.717, 1.165) is 11.6 Å². The van der Waals surface area contributed by atoms with Crippen LogP contribution in [0.3, 0.4) is 0 Å². The largest absolute Gasteiger partial charge is 0.240 e. The van der Waals surface area contributed by atoms with Crippen LogP contribution in [0.2, 0.25) is 0 Å². The minimum absolute atomic E-state index is 0.846. The molecule has 0 amide bonds. The van der Waals surface area contributed by atoms with E-state index in [1.165, 1.54) is 11.8 Å². The summed E-state index contributed by atoms with van der Waals surface area (Å²) in [7, 11) is 0. The van der Waals surface area contributed by atoms with Gasteiger partial charge in [-0.3, -0.25) is 0 Å². The molecule has 1 heterocycles. The lowest BCUT2D eigenvalue weighted by Crippen LogP contribution is -2.34. The van der Waals surface area contributed by atoms with Crippen LogP contribution in [-0.4, -0.2) is 0 Å². The van der Waals surface area contributed by atoms with Crippen LogP contribution in [0.25, 0.3) is 0 Å². The topological polar surface area (TPSA) is 3.88 Å². The summed E-state index contributed by atoms with van der Waals surface area (Å²) in [6.45, 7) is 4.53. The van der Waals surface area contributed by atoms with E-state index in [2.05, 4.69) is 17.4 Å². The first-order chi connectivity index (χ1) is 5.38. The summed E-state index contributed by atoms with van der Waals surface area (Å²) in [5.41, 5.74) is 0. The lowest BCUT2D eigenvalue weighted by atomic mass is 10.5. The molecule has 0 spiro atoms. The third-order valence-electron chi connectivity index (χ3n) is 1.37. The fraction of sp³-hybridized carbons (Fsp3) is 0.111. The molecule has 0 aliphatic rings. The molecule has 0 saturated heterocycles. The average molecular weight is 165 g/mol. The zero-order valence-electron chi connectivity index (χ0n) is 6.36. The fourth-order valence-corrected chi connectivity index (χ4v) is 1.36. The first-order valence-electron chi connectivity index (χ1n) is 3.40. The molecule has 0 aromatic carbocycles. The maximum absolute atomic E-state index is 3.76. The van der Waals surface area contributed by atoms with Gasteiger partial charge in [0.05, 0.1) is 0 Å². The summed E-state index contributed by atoms with van der Waals surface area (Å²) in [6, 6.07) is 6.05. The molecule has 0 aliphatic carbocycles. The molecule has 11 heavy (non-hydrogen) atoms.